The van der Waals surface area contributed by atoms with Gasteiger partial charge < -0.3 is 0 Å². The van der Waals surface area contributed by atoms with Gasteiger partial charge in [-0.05, 0) is 53.4 Å². The third-order valence-corrected chi connectivity index (χ3v) is 4.55. The zero-order chi connectivity index (χ0) is 12.3. The topological polar surface area (TPSA) is 0 Å². The molecule has 2 rings (SSSR count). The minimum atomic E-state index is 1.26. The Morgan fingerprint density at radius 2 is 1.53 bits per heavy atom. The maximum atomic E-state index is 2.48. The highest BCUT2D eigenvalue weighted by Gasteiger charge is 2.25. The van der Waals surface area contributed by atoms with E-state index >= 15 is 0 Å². The van der Waals surface area contributed by atoms with E-state index in [9.17, 15) is 0 Å². The van der Waals surface area contributed by atoms with Gasteiger partial charge >= 0.3 is 0 Å². The van der Waals surface area contributed by atoms with E-state index in [0.717, 1.165) is 0 Å². The normalized spacial score (nSPS) is 19.1. The molecular weight excluding hydrogens is 223 g/mol. The zero-order valence-corrected chi connectivity index (χ0v) is 12.2. The molecule has 92 valence electrons. The van der Waals surface area contributed by atoms with E-state index in [2.05, 4.69) is 32.7 Å². The van der Waals surface area contributed by atoms with Crippen molar-refractivity contribution in [2.24, 2.45) is 0 Å². The van der Waals surface area contributed by atoms with Crippen molar-refractivity contribution >= 4 is 13.5 Å². The number of hydrogen-bond acceptors (Lipinski definition) is 0. The van der Waals surface area contributed by atoms with E-state index in [-0.39, 0.29) is 0 Å². The lowest BCUT2D eigenvalue weighted by atomic mass is 9.93. The third kappa shape index (κ3) is 2.47. The standard InChI is InChI=1S/C16H23P/c1-4-7-12-10-15-16(14(12)9-6-3)13(8-5-2)11-17-15/h10-11H,4-9H2,1-3H3. The summed E-state index contributed by atoms with van der Waals surface area (Å²) in [5.74, 6) is 2.43. The Kier molecular flexibility index (Phi) is 4.40. The highest BCUT2D eigenvalue weighted by atomic mass is 31.1. The molecule has 0 spiro atoms. The Morgan fingerprint density at radius 1 is 0.882 bits per heavy atom. The van der Waals surface area contributed by atoms with Gasteiger partial charge in [0.05, 0.1) is 0 Å². The molecular formula is C16H23P. The molecule has 0 bridgehead atoms. The van der Waals surface area contributed by atoms with Gasteiger partial charge in [0.25, 0.3) is 0 Å². The summed E-state index contributed by atoms with van der Waals surface area (Å²) >= 11 is 0. The first kappa shape index (κ1) is 12.8. The lowest BCUT2D eigenvalue weighted by molar-refractivity contribution is 0.849. The predicted molar refractivity (Wildman–Crippen MR) is 79.8 cm³/mol. The van der Waals surface area contributed by atoms with Crippen molar-refractivity contribution in [3.05, 3.63) is 34.2 Å². The van der Waals surface area contributed by atoms with Crippen molar-refractivity contribution in [2.45, 2.75) is 59.3 Å². The van der Waals surface area contributed by atoms with E-state index in [0.29, 0.717) is 0 Å². The van der Waals surface area contributed by atoms with Gasteiger partial charge in [-0.3, -0.25) is 0 Å². The van der Waals surface area contributed by atoms with Crippen molar-refractivity contribution < 1.29 is 0 Å². The molecule has 1 heterocycles. The lowest BCUT2D eigenvalue weighted by Crippen LogP contribution is -1.96. The second-order valence-electron chi connectivity index (χ2n) is 4.94. The minimum absolute atomic E-state index is 1.26. The van der Waals surface area contributed by atoms with Gasteiger partial charge in [-0.2, -0.15) is 0 Å². The largest absolute Gasteiger partial charge is 0.0675 e. The van der Waals surface area contributed by atoms with Gasteiger partial charge in [0, 0.05) is 5.29 Å². The Balaban J connectivity index is 2.30. The first-order valence-corrected chi connectivity index (χ1v) is 7.99. The van der Waals surface area contributed by atoms with Crippen molar-refractivity contribution in [2.75, 3.05) is 0 Å². The van der Waals surface area contributed by atoms with Gasteiger partial charge in [-0.1, -0.05) is 48.2 Å². The van der Waals surface area contributed by atoms with Crippen LogP contribution in [0, 0.1) is 0 Å². The Hall–Kier alpha value is -0.610. The molecule has 0 radical (unpaired) electrons. The molecule has 1 aliphatic carbocycles. The minimum Gasteiger partial charge on any atom is -0.0675 e. The predicted octanol–water partition coefficient (Wildman–Crippen LogP) is 5.64. The second kappa shape index (κ2) is 5.83. The highest BCUT2D eigenvalue weighted by Crippen LogP contribution is 2.42. The molecule has 0 nitrogen and oxygen atoms in total. The first-order chi connectivity index (χ1) is 8.31. The maximum absolute atomic E-state index is 2.48. The third-order valence-electron chi connectivity index (χ3n) is 3.48. The van der Waals surface area contributed by atoms with Gasteiger partial charge in [0.15, 0.2) is 0 Å². The quantitative estimate of drug-likeness (QED) is 0.532. The van der Waals surface area contributed by atoms with Gasteiger partial charge in [-0.15, -0.1) is 0 Å². The van der Waals surface area contributed by atoms with Crippen LogP contribution in [-0.4, -0.2) is 5.29 Å². The molecule has 2 aliphatic rings. The Labute approximate surface area is 107 Å². The molecule has 0 aromatic rings. The van der Waals surface area contributed by atoms with Crippen LogP contribution < -0.4 is 0 Å². The summed E-state index contributed by atoms with van der Waals surface area (Å²) in [6.45, 7) is 6.87. The Morgan fingerprint density at radius 3 is 2.18 bits per heavy atom. The van der Waals surface area contributed by atoms with Crippen LogP contribution in [0.1, 0.15) is 59.3 Å². The SMILES string of the molecule is CCCC1=CC2=PC=C(CCC)C2=C1CCC. The summed E-state index contributed by atoms with van der Waals surface area (Å²) in [5.41, 5.74) is 6.57. The molecule has 1 heteroatoms. The van der Waals surface area contributed by atoms with Gasteiger partial charge in [0.1, 0.15) is 0 Å². The fraction of sp³-hybridized carbons (Fsp3) is 0.562. The van der Waals surface area contributed by atoms with Crippen LogP contribution in [0.15, 0.2) is 34.2 Å². The zero-order valence-electron chi connectivity index (χ0n) is 11.3. The van der Waals surface area contributed by atoms with E-state index in [1.165, 1.54) is 46.7 Å². The monoisotopic (exact) mass is 246 g/mol. The van der Waals surface area contributed by atoms with Crippen molar-refractivity contribution in [3.63, 3.8) is 0 Å². The summed E-state index contributed by atoms with van der Waals surface area (Å²) in [6.07, 6.45) is 10.1. The summed E-state index contributed by atoms with van der Waals surface area (Å²) in [4.78, 5) is 0. The molecule has 0 saturated carbocycles. The van der Waals surface area contributed by atoms with E-state index in [1.807, 2.05) is 0 Å². The lowest BCUT2D eigenvalue weighted by Gasteiger charge is -2.11. The molecule has 0 aromatic carbocycles. The van der Waals surface area contributed by atoms with E-state index in [4.69, 9.17) is 0 Å². The fourth-order valence-electron chi connectivity index (χ4n) is 2.80. The fourth-order valence-corrected chi connectivity index (χ4v) is 3.99. The molecule has 0 fully saturated rings. The molecule has 0 atom stereocenters. The van der Waals surface area contributed by atoms with Crippen molar-refractivity contribution in [3.8, 4) is 0 Å². The Bertz CT molecular complexity index is 419. The second-order valence-corrected chi connectivity index (χ2v) is 5.94. The van der Waals surface area contributed by atoms with Crippen LogP contribution >= 0.6 is 8.20 Å². The van der Waals surface area contributed by atoms with Crippen LogP contribution in [0.2, 0.25) is 0 Å². The number of hydrogen-bond donors (Lipinski definition) is 0. The van der Waals surface area contributed by atoms with Crippen molar-refractivity contribution in [1.29, 1.82) is 0 Å². The molecule has 17 heavy (non-hydrogen) atoms. The van der Waals surface area contributed by atoms with E-state index in [1.54, 1.807) is 27.6 Å². The molecule has 0 aromatic heterocycles. The number of allylic oxidation sites excluding steroid dienone is 5. The number of rotatable bonds is 6. The van der Waals surface area contributed by atoms with E-state index < -0.39 is 0 Å². The first-order valence-electron chi connectivity index (χ1n) is 7.03. The average Bonchev–Trinajstić information content (AvgIpc) is 2.83. The van der Waals surface area contributed by atoms with Gasteiger partial charge in [0.2, 0.25) is 0 Å². The smallest absolute Gasteiger partial charge is 0.00989 e. The molecule has 0 amide bonds. The van der Waals surface area contributed by atoms with Crippen LogP contribution in [0.3, 0.4) is 0 Å². The maximum Gasteiger partial charge on any atom is 0.00989 e. The summed E-state index contributed by atoms with van der Waals surface area (Å²) < 4.78 is 0. The average molecular weight is 246 g/mol. The van der Waals surface area contributed by atoms with Crippen LogP contribution in [0.4, 0.5) is 0 Å². The van der Waals surface area contributed by atoms with Crippen molar-refractivity contribution in [1.82, 2.24) is 0 Å². The van der Waals surface area contributed by atoms with Crippen LogP contribution in [-0.2, 0) is 0 Å². The summed E-state index contributed by atoms with van der Waals surface area (Å²) in [6, 6.07) is 0. The molecule has 0 N–H and O–H groups in total. The molecule has 0 saturated heterocycles. The summed E-state index contributed by atoms with van der Waals surface area (Å²) in [7, 11) is 1.44. The molecule has 0 unspecified atom stereocenters. The van der Waals surface area contributed by atoms with Crippen LogP contribution in [0.25, 0.3) is 0 Å². The summed E-state index contributed by atoms with van der Waals surface area (Å²) in [5, 5.41) is 1.58. The van der Waals surface area contributed by atoms with Crippen LogP contribution in [0.5, 0.6) is 0 Å². The highest BCUT2D eigenvalue weighted by molar-refractivity contribution is 7.46. The number of fused-ring (bicyclic) bond motifs is 1. The van der Waals surface area contributed by atoms with Gasteiger partial charge in [-0.25, -0.2) is 0 Å². The molecule has 1 aliphatic heterocycles.